The number of benzene rings is 2. The maximum atomic E-state index is 13.9. The predicted octanol–water partition coefficient (Wildman–Crippen LogP) is 8.70. The molecule has 1 N–H and O–H groups in total. The number of hydrogen-bond acceptors (Lipinski definition) is 0. The Balaban J connectivity index is 2.23. The van der Waals surface area contributed by atoms with Crippen LogP contribution in [-0.4, -0.2) is 4.98 Å². The quantitative estimate of drug-likeness (QED) is 0.321. The molecule has 0 saturated heterocycles. The van der Waals surface area contributed by atoms with Crippen LogP contribution in [0.5, 0.6) is 0 Å². The van der Waals surface area contributed by atoms with Crippen molar-refractivity contribution in [2.24, 2.45) is 0 Å². The Bertz CT molecular complexity index is 1090. The number of nitrogens with one attached hydrogen (secondary N) is 1. The highest BCUT2D eigenvalue weighted by Crippen LogP contribution is 2.43. The minimum atomic E-state index is -5.57. The van der Waals surface area contributed by atoms with Gasteiger partial charge < -0.3 is 4.98 Å². The van der Waals surface area contributed by atoms with E-state index in [0.717, 1.165) is 12.1 Å². The molecule has 3 aromatic rings. The van der Waals surface area contributed by atoms with E-state index in [2.05, 4.69) is 4.98 Å². The van der Waals surface area contributed by atoms with Gasteiger partial charge in [-0.15, -0.1) is 0 Å². The number of aromatic nitrogens is 1. The number of rotatable bonds is 2. The molecule has 0 bridgehead atoms. The topological polar surface area (TPSA) is 15.8 Å². The second-order valence-corrected chi connectivity index (χ2v) is 7.05. The van der Waals surface area contributed by atoms with Crippen LogP contribution in [0.3, 0.4) is 0 Å². The zero-order valence-electron chi connectivity index (χ0n) is 16.3. The summed E-state index contributed by atoms with van der Waals surface area (Å²) >= 11 is 0. The van der Waals surface area contributed by atoms with Crippen molar-refractivity contribution >= 4 is 0 Å². The molecule has 190 valence electrons. The average Bonchev–Trinajstić information content (AvgIpc) is 3.14. The van der Waals surface area contributed by atoms with Gasteiger partial charge in [-0.3, -0.25) is 0 Å². The number of aromatic amines is 1. The minimum Gasteiger partial charge on any atom is -0.355 e. The van der Waals surface area contributed by atoms with Gasteiger partial charge in [0.15, 0.2) is 0 Å². The van der Waals surface area contributed by atoms with Crippen molar-refractivity contribution in [3.8, 4) is 22.5 Å². The highest BCUT2D eigenvalue weighted by molar-refractivity contribution is 5.70. The lowest BCUT2D eigenvalue weighted by Crippen LogP contribution is -2.16. The van der Waals surface area contributed by atoms with Crippen LogP contribution in [0.4, 0.5) is 61.5 Å². The summed E-state index contributed by atoms with van der Waals surface area (Å²) in [7, 11) is 0. The smallest absolute Gasteiger partial charge is 0.355 e. The molecule has 0 saturated carbocycles. The SMILES string of the molecule is Fc1c(C(F)(F)F)cc(-c2ccc(-c3cc(C(F)(F)F)c(F)c(C(F)(F)F)c3)[nH]2)cc1C(F)(F)F. The molecule has 0 aliphatic heterocycles. The van der Waals surface area contributed by atoms with Crippen LogP contribution < -0.4 is 0 Å². The zero-order valence-corrected chi connectivity index (χ0v) is 16.3. The summed E-state index contributed by atoms with van der Waals surface area (Å²) in [6.45, 7) is 0. The van der Waals surface area contributed by atoms with E-state index >= 15 is 0 Å². The summed E-state index contributed by atoms with van der Waals surface area (Å²) < 4.78 is 185. The largest absolute Gasteiger partial charge is 0.419 e. The van der Waals surface area contributed by atoms with Crippen LogP contribution in [0, 0.1) is 11.6 Å². The van der Waals surface area contributed by atoms with E-state index < -0.39 is 81.1 Å². The van der Waals surface area contributed by atoms with E-state index in [0.29, 0.717) is 0 Å². The lowest BCUT2D eigenvalue weighted by Gasteiger charge is -2.16. The average molecular weight is 527 g/mol. The second-order valence-electron chi connectivity index (χ2n) is 7.05. The zero-order chi connectivity index (χ0) is 26.7. The van der Waals surface area contributed by atoms with Crippen molar-refractivity contribution in [2.45, 2.75) is 24.7 Å². The Labute approximate surface area is 185 Å². The fourth-order valence-electron chi connectivity index (χ4n) is 3.12. The predicted molar refractivity (Wildman–Crippen MR) is 91.6 cm³/mol. The van der Waals surface area contributed by atoms with Gasteiger partial charge in [0.1, 0.15) is 11.6 Å². The molecule has 0 fully saturated rings. The van der Waals surface area contributed by atoms with Gasteiger partial charge in [0.2, 0.25) is 0 Å². The fourth-order valence-corrected chi connectivity index (χ4v) is 3.12. The van der Waals surface area contributed by atoms with E-state index in [1.165, 1.54) is 0 Å². The molecule has 2 aromatic carbocycles. The maximum Gasteiger partial charge on any atom is 0.419 e. The van der Waals surface area contributed by atoms with Crippen LogP contribution in [0.2, 0.25) is 0 Å². The third-order valence-corrected chi connectivity index (χ3v) is 4.67. The summed E-state index contributed by atoms with van der Waals surface area (Å²) in [6.07, 6.45) is -22.3. The first-order valence-electron chi connectivity index (χ1n) is 8.87. The molecule has 0 spiro atoms. The molecule has 0 amide bonds. The van der Waals surface area contributed by atoms with Crippen molar-refractivity contribution in [3.05, 3.63) is 70.3 Å². The molecule has 0 unspecified atom stereocenters. The molecule has 1 heterocycles. The van der Waals surface area contributed by atoms with Crippen molar-refractivity contribution in [2.75, 3.05) is 0 Å². The Morgan fingerprint density at radius 1 is 0.429 bits per heavy atom. The molecule has 0 aliphatic rings. The number of halogens is 14. The van der Waals surface area contributed by atoms with E-state index in [4.69, 9.17) is 0 Å². The summed E-state index contributed by atoms with van der Waals surface area (Å²) in [4.78, 5) is 2.09. The molecule has 3 rings (SSSR count). The monoisotopic (exact) mass is 527 g/mol. The van der Waals surface area contributed by atoms with Crippen molar-refractivity contribution in [1.29, 1.82) is 0 Å². The Morgan fingerprint density at radius 3 is 0.857 bits per heavy atom. The lowest BCUT2D eigenvalue weighted by atomic mass is 10.0. The van der Waals surface area contributed by atoms with Crippen LogP contribution >= 0.6 is 0 Å². The van der Waals surface area contributed by atoms with E-state index in [9.17, 15) is 61.5 Å². The first-order chi connectivity index (χ1) is 15.7. The molecule has 0 atom stereocenters. The lowest BCUT2D eigenvalue weighted by molar-refractivity contribution is -0.149. The number of hydrogen-bond donors (Lipinski definition) is 1. The van der Waals surface area contributed by atoms with Gasteiger partial charge in [-0.2, -0.15) is 52.7 Å². The van der Waals surface area contributed by atoms with E-state index in [1.807, 2.05) is 0 Å². The fraction of sp³-hybridized carbons (Fsp3) is 0.200. The van der Waals surface area contributed by atoms with Crippen LogP contribution in [0.1, 0.15) is 22.3 Å². The van der Waals surface area contributed by atoms with Gasteiger partial charge in [0.25, 0.3) is 0 Å². The van der Waals surface area contributed by atoms with Gasteiger partial charge in [-0.1, -0.05) is 0 Å². The molecule has 1 aromatic heterocycles. The van der Waals surface area contributed by atoms with Crippen molar-refractivity contribution in [3.63, 3.8) is 0 Å². The molecule has 35 heavy (non-hydrogen) atoms. The molecule has 0 radical (unpaired) electrons. The van der Waals surface area contributed by atoms with Gasteiger partial charge in [0.05, 0.1) is 22.3 Å². The van der Waals surface area contributed by atoms with Crippen molar-refractivity contribution in [1.82, 2.24) is 4.98 Å². The molecular formula is C20H7F14N. The van der Waals surface area contributed by atoms with Crippen LogP contribution in [-0.2, 0) is 24.7 Å². The highest BCUT2D eigenvalue weighted by Gasteiger charge is 2.43. The molecule has 15 heteroatoms. The first-order valence-corrected chi connectivity index (χ1v) is 8.87. The van der Waals surface area contributed by atoms with Gasteiger partial charge in [-0.05, 0) is 47.5 Å². The van der Waals surface area contributed by atoms with Gasteiger partial charge in [0, 0.05) is 11.4 Å². The summed E-state index contributed by atoms with van der Waals surface area (Å²) in [5.74, 6) is -5.24. The standard InChI is InChI=1S/C20H7F14N/c21-15-9(17(23,24)25)3-7(4-10(15)18(26,27)28)13-1-2-14(35-13)8-5-11(19(29,30)31)16(22)12(6-8)20(32,33)34/h1-6,35H. The Kier molecular flexibility index (Phi) is 6.14. The van der Waals surface area contributed by atoms with Gasteiger partial charge >= 0.3 is 24.7 Å². The Hall–Kier alpha value is -3.26. The Morgan fingerprint density at radius 2 is 0.657 bits per heavy atom. The summed E-state index contributed by atoms with van der Waals surface area (Å²) in [5.41, 5.74) is -12.3. The molecular weight excluding hydrogens is 520 g/mol. The van der Waals surface area contributed by atoms with Crippen molar-refractivity contribution < 1.29 is 61.5 Å². The van der Waals surface area contributed by atoms with Gasteiger partial charge in [-0.25, -0.2) is 8.78 Å². The molecule has 0 aliphatic carbocycles. The summed E-state index contributed by atoms with van der Waals surface area (Å²) in [5, 5.41) is 0. The van der Waals surface area contributed by atoms with Crippen LogP contribution in [0.25, 0.3) is 22.5 Å². The first kappa shape index (κ1) is 26.3. The molecule has 1 nitrogen and oxygen atoms in total. The normalized spacial score (nSPS) is 13.4. The minimum absolute atomic E-state index is 0.0207. The maximum absolute atomic E-state index is 13.9. The van der Waals surface area contributed by atoms with Crippen LogP contribution in [0.15, 0.2) is 36.4 Å². The van der Waals surface area contributed by atoms with E-state index in [-0.39, 0.29) is 24.3 Å². The van der Waals surface area contributed by atoms with E-state index in [1.54, 1.807) is 0 Å². The third kappa shape index (κ3) is 5.22. The summed E-state index contributed by atoms with van der Waals surface area (Å²) in [6, 6.07) is 1.40. The highest BCUT2D eigenvalue weighted by atomic mass is 19.4. The number of alkyl halides is 12. The second kappa shape index (κ2) is 8.16. The third-order valence-electron chi connectivity index (χ3n) is 4.67. The number of H-pyrrole nitrogens is 1.